The minimum absolute atomic E-state index is 0.107. The summed E-state index contributed by atoms with van der Waals surface area (Å²) in [4.78, 5) is 14.8. The number of benzene rings is 3. The van der Waals surface area contributed by atoms with Gasteiger partial charge >= 0.3 is 6.09 Å². The van der Waals surface area contributed by atoms with Crippen LogP contribution in [0.5, 0.6) is 17.2 Å². The van der Waals surface area contributed by atoms with Gasteiger partial charge in [0.05, 0.1) is 52.8 Å². The molecular weight excluding hydrogens is 622 g/mol. The van der Waals surface area contributed by atoms with Gasteiger partial charge in [-0.25, -0.2) is 4.79 Å². The summed E-state index contributed by atoms with van der Waals surface area (Å²) >= 11 is 0. The predicted molar refractivity (Wildman–Crippen MR) is 191 cm³/mol. The Balaban J connectivity index is 1.35. The number of aryl methyl sites for hydroxylation is 1. The number of piperidine rings is 1. The third kappa shape index (κ3) is 12.2. The zero-order chi connectivity index (χ0) is 35.1. The Labute approximate surface area is 292 Å². The smallest absolute Gasteiger partial charge is 0.410 e. The molecule has 268 valence electrons. The molecule has 0 radical (unpaired) electrons. The van der Waals surface area contributed by atoms with Gasteiger partial charge in [-0.1, -0.05) is 49.4 Å². The maximum absolute atomic E-state index is 13.0. The zero-order valence-electron chi connectivity index (χ0n) is 30.2. The Morgan fingerprint density at radius 1 is 0.837 bits per heavy atom. The third-order valence-corrected chi connectivity index (χ3v) is 8.40. The lowest BCUT2D eigenvalue weighted by Crippen LogP contribution is -2.48. The van der Waals surface area contributed by atoms with Crippen LogP contribution in [-0.2, 0) is 38.6 Å². The van der Waals surface area contributed by atoms with Crippen molar-refractivity contribution in [3.63, 3.8) is 0 Å². The first-order valence-electron chi connectivity index (χ1n) is 17.5. The molecule has 2 atom stereocenters. The number of ether oxygens (including phenoxy) is 7. The highest BCUT2D eigenvalue weighted by Crippen LogP contribution is 2.33. The van der Waals surface area contributed by atoms with Crippen molar-refractivity contribution in [3.05, 3.63) is 89.0 Å². The van der Waals surface area contributed by atoms with Gasteiger partial charge in [0.25, 0.3) is 0 Å². The van der Waals surface area contributed by atoms with E-state index in [0.717, 1.165) is 65.2 Å². The fourth-order valence-corrected chi connectivity index (χ4v) is 5.83. The Kier molecular flexibility index (Phi) is 15.1. The highest BCUT2D eigenvalue weighted by atomic mass is 16.6. The average molecular weight is 678 g/mol. The lowest BCUT2D eigenvalue weighted by Gasteiger charge is -2.39. The average Bonchev–Trinajstić information content (AvgIpc) is 3.10. The molecule has 0 saturated carbocycles. The van der Waals surface area contributed by atoms with Crippen LogP contribution < -0.4 is 14.2 Å². The molecule has 1 saturated heterocycles. The number of methoxy groups -OCH3 is 2. The molecule has 1 heterocycles. The Hall–Kier alpha value is -3.79. The summed E-state index contributed by atoms with van der Waals surface area (Å²) in [6.45, 7) is 12.1. The van der Waals surface area contributed by atoms with Crippen molar-refractivity contribution >= 4 is 6.09 Å². The Morgan fingerprint density at radius 2 is 1.59 bits per heavy atom. The van der Waals surface area contributed by atoms with Crippen molar-refractivity contribution in [2.75, 3.05) is 53.7 Å². The van der Waals surface area contributed by atoms with Gasteiger partial charge in [-0.3, -0.25) is 0 Å². The second kappa shape index (κ2) is 19.4. The molecule has 1 fully saturated rings. The van der Waals surface area contributed by atoms with Crippen LogP contribution in [-0.4, -0.2) is 76.4 Å². The number of nitrogens with zero attached hydrogens (tertiary/aromatic N) is 1. The first kappa shape index (κ1) is 38.0. The van der Waals surface area contributed by atoms with E-state index in [4.69, 9.17) is 33.2 Å². The molecule has 4 rings (SSSR count). The molecule has 0 N–H and O–H groups in total. The van der Waals surface area contributed by atoms with Crippen molar-refractivity contribution in [1.82, 2.24) is 4.90 Å². The summed E-state index contributed by atoms with van der Waals surface area (Å²) in [5, 5.41) is 0. The largest absolute Gasteiger partial charge is 0.496 e. The number of likely N-dealkylation sites (tertiary alicyclic amines) is 1. The van der Waals surface area contributed by atoms with Crippen LogP contribution in [0.2, 0.25) is 0 Å². The minimum atomic E-state index is -0.567. The lowest BCUT2D eigenvalue weighted by atomic mass is 9.87. The first-order chi connectivity index (χ1) is 23.7. The second-order valence-corrected chi connectivity index (χ2v) is 13.3. The fourth-order valence-electron chi connectivity index (χ4n) is 5.83. The summed E-state index contributed by atoms with van der Waals surface area (Å²) in [5.41, 5.74) is 3.81. The Bertz CT molecular complexity index is 1420. The molecule has 0 aliphatic carbocycles. The van der Waals surface area contributed by atoms with Gasteiger partial charge in [-0.2, -0.15) is 0 Å². The maximum Gasteiger partial charge on any atom is 0.410 e. The molecule has 1 aliphatic heterocycles. The van der Waals surface area contributed by atoms with Crippen molar-refractivity contribution in [1.29, 1.82) is 0 Å². The van der Waals surface area contributed by atoms with Gasteiger partial charge in [0.2, 0.25) is 0 Å². The van der Waals surface area contributed by atoms with Gasteiger partial charge in [-0.05, 0) is 74.6 Å². The van der Waals surface area contributed by atoms with Gasteiger partial charge in [0, 0.05) is 44.6 Å². The Morgan fingerprint density at radius 3 is 2.33 bits per heavy atom. The van der Waals surface area contributed by atoms with E-state index in [-0.39, 0.29) is 18.1 Å². The van der Waals surface area contributed by atoms with Crippen LogP contribution in [0.15, 0.2) is 66.7 Å². The number of hydrogen-bond acceptors (Lipinski definition) is 8. The number of amides is 1. The molecule has 49 heavy (non-hydrogen) atoms. The van der Waals surface area contributed by atoms with E-state index in [9.17, 15) is 4.79 Å². The molecular formula is C40H55NO8. The number of para-hydroxylation sites is 1. The molecule has 1 amide bonds. The van der Waals surface area contributed by atoms with E-state index in [2.05, 4.69) is 37.3 Å². The standard InChI is InChI=1S/C40H55NO8/c1-7-31-15-14-30(26-37(31)47-25-10-22-43-5)28-48-38-27-41(39(42)49-40(2,3)4)21-20-35(38)32-16-18-34(19-17-32)46-24-11-23-45-29-33-12-8-9-13-36(33)44-6/h8-9,12-19,26,35,38H,7,10-11,20-25,27-29H2,1-6H3. The van der Waals surface area contributed by atoms with Crippen LogP contribution in [0.3, 0.4) is 0 Å². The van der Waals surface area contributed by atoms with Crippen LogP contribution >= 0.6 is 0 Å². The predicted octanol–water partition coefficient (Wildman–Crippen LogP) is 7.97. The second-order valence-electron chi connectivity index (χ2n) is 13.3. The van der Waals surface area contributed by atoms with Crippen molar-refractivity contribution in [2.45, 2.75) is 84.2 Å². The van der Waals surface area contributed by atoms with Crippen molar-refractivity contribution in [2.24, 2.45) is 0 Å². The van der Waals surface area contributed by atoms with Crippen molar-refractivity contribution in [3.8, 4) is 17.2 Å². The van der Waals surface area contributed by atoms with Gasteiger partial charge in [0.15, 0.2) is 0 Å². The molecule has 9 nitrogen and oxygen atoms in total. The summed E-state index contributed by atoms with van der Waals surface area (Å²) in [6.07, 6.45) is 2.71. The molecule has 2 unspecified atom stereocenters. The van der Waals surface area contributed by atoms with E-state index in [0.29, 0.717) is 52.7 Å². The lowest BCUT2D eigenvalue weighted by molar-refractivity contribution is -0.0360. The van der Waals surface area contributed by atoms with Crippen LogP contribution in [0.25, 0.3) is 0 Å². The SMILES string of the molecule is CCc1ccc(COC2CN(C(=O)OC(C)(C)C)CCC2c2ccc(OCCCOCc3ccccc3OC)cc2)cc1OCCCOC. The topological polar surface area (TPSA) is 84.9 Å². The highest BCUT2D eigenvalue weighted by molar-refractivity contribution is 5.68. The monoisotopic (exact) mass is 677 g/mol. The number of carbonyl (C=O) groups is 1. The summed E-state index contributed by atoms with van der Waals surface area (Å²) in [6, 6.07) is 22.4. The van der Waals surface area contributed by atoms with E-state index in [1.54, 1.807) is 19.1 Å². The molecule has 0 spiro atoms. The molecule has 0 bridgehead atoms. The third-order valence-electron chi connectivity index (χ3n) is 8.40. The number of rotatable bonds is 18. The summed E-state index contributed by atoms with van der Waals surface area (Å²) in [5.74, 6) is 2.64. The quantitative estimate of drug-likeness (QED) is 0.125. The van der Waals surface area contributed by atoms with Crippen molar-refractivity contribution < 1.29 is 38.0 Å². The summed E-state index contributed by atoms with van der Waals surface area (Å²) < 4.78 is 40.9. The normalized spacial score (nSPS) is 16.3. The molecule has 9 heteroatoms. The fraction of sp³-hybridized carbons (Fsp3) is 0.525. The van der Waals surface area contributed by atoms with Gasteiger partial charge < -0.3 is 38.1 Å². The van der Waals surface area contributed by atoms with Crippen LogP contribution in [0.1, 0.15) is 75.1 Å². The first-order valence-corrected chi connectivity index (χ1v) is 17.5. The van der Waals surface area contributed by atoms with Gasteiger partial charge in [-0.15, -0.1) is 0 Å². The van der Waals surface area contributed by atoms with Crippen LogP contribution in [0, 0.1) is 0 Å². The van der Waals surface area contributed by atoms with Crippen LogP contribution in [0.4, 0.5) is 4.79 Å². The zero-order valence-corrected chi connectivity index (χ0v) is 30.2. The number of carbonyl (C=O) groups excluding carboxylic acids is 1. The van der Waals surface area contributed by atoms with E-state index in [1.807, 2.05) is 57.2 Å². The minimum Gasteiger partial charge on any atom is -0.496 e. The summed E-state index contributed by atoms with van der Waals surface area (Å²) in [7, 11) is 3.37. The maximum atomic E-state index is 13.0. The molecule has 1 aliphatic rings. The number of hydrogen-bond donors (Lipinski definition) is 0. The van der Waals surface area contributed by atoms with E-state index < -0.39 is 5.60 Å². The molecule has 3 aromatic carbocycles. The highest BCUT2D eigenvalue weighted by Gasteiger charge is 2.35. The molecule has 3 aromatic rings. The van der Waals surface area contributed by atoms with E-state index in [1.165, 1.54) is 0 Å². The van der Waals surface area contributed by atoms with Gasteiger partial charge in [0.1, 0.15) is 22.8 Å². The molecule has 0 aromatic heterocycles. The van der Waals surface area contributed by atoms with E-state index >= 15 is 0 Å².